The molecule has 1 nitrogen and oxygen atoms in total. The summed E-state index contributed by atoms with van der Waals surface area (Å²) < 4.78 is 12.9. The third kappa shape index (κ3) is 2.58. The van der Waals surface area contributed by atoms with Gasteiger partial charge in [0.1, 0.15) is 5.82 Å². The summed E-state index contributed by atoms with van der Waals surface area (Å²) in [6.45, 7) is 3.51. The fourth-order valence-electron chi connectivity index (χ4n) is 1.23. The Morgan fingerprint density at radius 2 is 2.21 bits per heavy atom. The van der Waals surface area contributed by atoms with E-state index in [1.54, 1.807) is 26.0 Å². The Morgan fingerprint density at radius 3 is 2.79 bits per heavy atom. The predicted octanol–water partition coefficient (Wildman–Crippen LogP) is 2.55. The minimum atomic E-state index is -0.192. The Kier molecular flexibility index (Phi) is 3.67. The molecule has 2 N–H and O–H groups in total. The van der Waals surface area contributed by atoms with Crippen LogP contribution in [0.15, 0.2) is 18.2 Å². The molecule has 74 valence electrons. The molecule has 0 saturated carbocycles. The molecular formula is C12H14FN. The van der Waals surface area contributed by atoms with Crippen LogP contribution in [0.1, 0.15) is 30.5 Å². The Hall–Kier alpha value is -1.33. The van der Waals surface area contributed by atoms with Crippen molar-refractivity contribution < 1.29 is 4.39 Å². The first-order chi connectivity index (χ1) is 6.65. The van der Waals surface area contributed by atoms with Crippen LogP contribution in [0.25, 0.3) is 0 Å². The molecule has 0 amide bonds. The standard InChI is InChI=1S/C12H14FN/c1-3-4-5-12(14)10-6-7-11(13)9(2)8-10/h6-8,12H,5,14H2,1-2H3. The SMILES string of the molecule is CC#CCC(N)c1ccc(F)c(C)c1. The van der Waals surface area contributed by atoms with Crippen LogP contribution in [0.2, 0.25) is 0 Å². The molecule has 1 aromatic carbocycles. The van der Waals surface area contributed by atoms with Gasteiger partial charge in [-0.05, 0) is 31.0 Å². The van der Waals surface area contributed by atoms with Crippen LogP contribution in [0, 0.1) is 24.6 Å². The van der Waals surface area contributed by atoms with Gasteiger partial charge in [0, 0.05) is 12.5 Å². The van der Waals surface area contributed by atoms with Gasteiger partial charge in [0.05, 0.1) is 0 Å². The first-order valence-corrected chi connectivity index (χ1v) is 4.56. The minimum Gasteiger partial charge on any atom is -0.323 e. The second kappa shape index (κ2) is 4.78. The molecule has 0 saturated heterocycles. The van der Waals surface area contributed by atoms with E-state index < -0.39 is 0 Å². The van der Waals surface area contributed by atoms with Crippen molar-refractivity contribution in [3.8, 4) is 11.8 Å². The monoisotopic (exact) mass is 191 g/mol. The zero-order valence-electron chi connectivity index (χ0n) is 8.47. The van der Waals surface area contributed by atoms with Crippen molar-refractivity contribution in [3.05, 3.63) is 35.1 Å². The molecule has 0 bridgehead atoms. The van der Waals surface area contributed by atoms with Gasteiger partial charge < -0.3 is 5.73 Å². The highest BCUT2D eigenvalue weighted by Crippen LogP contribution is 2.16. The lowest BCUT2D eigenvalue weighted by molar-refractivity contribution is 0.615. The third-order valence-corrected chi connectivity index (χ3v) is 2.11. The Morgan fingerprint density at radius 1 is 1.50 bits per heavy atom. The molecule has 0 aliphatic heterocycles. The highest BCUT2D eigenvalue weighted by atomic mass is 19.1. The van der Waals surface area contributed by atoms with Crippen LogP contribution in [0.5, 0.6) is 0 Å². The zero-order chi connectivity index (χ0) is 10.6. The van der Waals surface area contributed by atoms with Gasteiger partial charge in [-0.1, -0.05) is 12.1 Å². The maximum absolute atomic E-state index is 12.9. The molecule has 0 heterocycles. The van der Waals surface area contributed by atoms with Crippen molar-refractivity contribution >= 4 is 0 Å². The van der Waals surface area contributed by atoms with E-state index in [-0.39, 0.29) is 11.9 Å². The van der Waals surface area contributed by atoms with Crippen LogP contribution >= 0.6 is 0 Å². The lowest BCUT2D eigenvalue weighted by atomic mass is 10.0. The maximum Gasteiger partial charge on any atom is 0.126 e. The summed E-state index contributed by atoms with van der Waals surface area (Å²) in [6, 6.07) is 4.81. The molecule has 0 fully saturated rings. The molecule has 1 atom stereocenters. The Bertz CT molecular complexity index is 374. The quantitative estimate of drug-likeness (QED) is 0.714. The second-order valence-electron chi connectivity index (χ2n) is 3.25. The van der Waals surface area contributed by atoms with Crippen molar-refractivity contribution in [2.24, 2.45) is 5.73 Å². The minimum absolute atomic E-state index is 0.123. The average molecular weight is 191 g/mol. The highest BCUT2D eigenvalue weighted by molar-refractivity contribution is 5.27. The van der Waals surface area contributed by atoms with E-state index in [1.807, 2.05) is 0 Å². The van der Waals surface area contributed by atoms with Gasteiger partial charge in [-0.2, -0.15) is 0 Å². The van der Waals surface area contributed by atoms with Crippen molar-refractivity contribution in [2.75, 3.05) is 0 Å². The van der Waals surface area contributed by atoms with Crippen LogP contribution < -0.4 is 5.73 Å². The van der Waals surface area contributed by atoms with Crippen molar-refractivity contribution in [2.45, 2.75) is 26.3 Å². The van der Waals surface area contributed by atoms with Crippen molar-refractivity contribution in [1.29, 1.82) is 0 Å². The molecule has 1 rings (SSSR count). The van der Waals surface area contributed by atoms with E-state index in [1.165, 1.54) is 6.07 Å². The number of hydrogen-bond acceptors (Lipinski definition) is 1. The molecule has 0 aliphatic carbocycles. The summed E-state index contributed by atoms with van der Waals surface area (Å²) in [4.78, 5) is 0. The fourth-order valence-corrected chi connectivity index (χ4v) is 1.23. The smallest absolute Gasteiger partial charge is 0.126 e. The van der Waals surface area contributed by atoms with Gasteiger partial charge in [0.15, 0.2) is 0 Å². The number of rotatable bonds is 2. The summed E-state index contributed by atoms with van der Waals surface area (Å²) in [6.07, 6.45) is 0.613. The van der Waals surface area contributed by atoms with E-state index in [2.05, 4.69) is 11.8 Å². The second-order valence-corrected chi connectivity index (χ2v) is 3.25. The van der Waals surface area contributed by atoms with Gasteiger partial charge in [-0.25, -0.2) is 4.39 Å². The van der Waals surface area contributed by atoms with E-state index in [4.69, 9.17) is 5.73 Å². The fraction of sp³-hybridized carbons (Fsp3) is 0.333. The topological polar surface area (TPSA) is 26.0 Å². The normalized spacial score (nSPS) is 11.7. The van der Waals surface area contributed by atoms with Crippen molar-refractivity contribution in [1.82, 2.24) is 0 Å². The molecule has 1 aromatic rings. The van der Waals surface area contributed by atoms with Crippen LogP contribution in [-0.2, 0) is 0 Å². The van der Waals surface area contributed by atoms with Gasteiger partial charge in [0.2, 0.25) is 0 Å². The third-order valence-electron chi connectivity index (χ3n) is 2.11. The van der Waals surface area contributed by atoms with Crippen molar-refractivity contribution in [3.63, 3.8) is 0 Å². The van der Waals surface area contributed by atoms with E-state index in [0.29, 0.717) is 12.0 Å². The molecule has 0 aliphatic rings. The van der Waals surface area contributed by atoms with E-state index in [9.17, 15) is 4.39 Å². The Labute approximate surface area is 84.1 Å². The maximum atomic E-state index is 12.9. The lowest BCUT2D eigenvalue weighted by Crippen LogP contribution is -2.09. The average Bonchev–Trinajstić information content (AvgIpc) is 2.18. The van der Waals surface area contributed by atoms with Gasteiger partial charge >= 0.3 is 0 Å². The molecule has 0 spiro atoms. The lowest BCUT2D eigenvalue weighted by Gasteiger charge is -2.09. The van der Waals surface area contributed by atoms with Crippen LogP contribution in [0.3, 0.4) is 0 Å². The van der Waals surface area contributed by atoms with Gasteiger partial charge in [-0.15, -0.1) is 11.8 Å². The molecule has 0 radical (unpaired) electrons. The predicted molar refractivity (Wildman–Crippen MR) is 56.1 cm³/mol. The number of halogens is 1. The first kappa shape index (κ1) is 10.7. The Balaban J connectivity index is 2.83. The van der Waals surface area contributed by atoms with E-state index in [0.717, 1.165) is 5.56 Å². The summed E-state index contributed by atoms with van der Waals surface area (Å²) in [5.74, 6) is 5.51. The van der Waals surface area contributed by atoms with Gasteiger partial charge in [-0.3, -0.25) is 0 Å². The molecule has 1 unspecified atom stereocenters. The number of aryl methyl sites for hydroxylation is 1. The zero-order valence-corrected chi connectivity index (χ0v) is 8.47. The van der Waals surface area contributed by atoms with Crippen LogP contribution in [-0.4, -0.2) is 0 Å². The number of benzene rings is 1. The first-order valence-electron chi connectivity index (χ1n) is 4.56. The van der Waals surface area contributed by atoms with E-state index >= 15 is 0 Å². The summed E-state index contributed by atoms with van der Waals surface area (Å²) in [5.41, 5.74) is 7.44. The van der Waals surface area contributed by atoms with Gasteiger partial charge in [0.25, 0.3) is 0 Å². The molecule has 2 heteroatoms. The number of hydrogen-bond donors (Lipinski definition) is 1. The number of nitrogens with two attached hydrogens (primary N) is 1. The molecular weight excluding hydrogens is 177 g/mol. The summed E-state index contributed by atoms with van der Waals surface area (Å²) in [5, 5.41) is 0. The molecule has 0 aromatic heterocycles. The van der Waals surface area contributed by atoms with Crippen LogP contribution in [0.4, 0.5) is 4.39 Å². The summed E-state index contributed by atoms with van der Waals surface area (Å²) >= 11 is 0. The largest absolute Gasteiger partial charge is 0.323 e. The highest BCUT2D eigenvalue weighted by Gasteiger charge is 2.05. The summed E-state index contributed by atoms with van der Waals surface area (Å²) in [7, 11) is 0. The molecule has 14 heavy (non-hydrogen) atoms.